The summed E-state index contributed by atoms with van der Waals surface area (Å²) in [6, 6.07) is 15.9. The summed E-state index contributed by atoms with van der Waals surface area (Å²) < 4.78 is 40.0. The Morgan fingerprint density at radius 2 is 1.66 bits per heavy atom. The summed E-state index contributed by atoms with van der Waals surface area (Å²) in [6.07, 6.45) is -1.91. The van der Waals surface area contributed by atoms with Gasteiger partial charge in [0, 0.05) is 49.4 Å². The van der Waals surface area contributed by atoms with Crippen molar-refractivity contribution in [3.8, 4) is 11.3 Å². The number of methoxy groups -OCH3 is 1. The molecule has 0 spiro atoms. The Bertz CT molecular complexity index is 2120. The van der Waals surface area contributed by atoms with Gasteiger partial charge < -0.3 is 38.4 Å². The van der Waals surface area contributed by atoms with Crippen molar-refractivity contribution >= 4 is 23.8 Å². The molecule has 1 aromatic heterocycles. The van der Waals surface area contributed by atoms with Crippen LogP contribution in [0.15, 0.2) is 60.8 Å². The molecule has 1 amide bonds. The zero-order valence-corrected chi connectivity index (χ0v) is 40.0. The van der Waals surface area contributed by atoms with Crippen LogP contribution in [0.25, 0.3) is 11.3 Å². The molecule has 4 heterocycles. The van der Waals surface area contributed by atoms with Gasteiger partial charge in [0.25, 0.3) is 0 Å². The lowest BCUT2D eigenvalue weighted by Crippen LogP contribution is -2.60. The fourth-order valence-electron chi connectivity index (χ4n) is 10.4. The maximum atomic E-state index is 14.9. The third kappa shape index (κ3) is 10.8. The van der Waals surface area contributed by atoms with Crippen molar-refractivity contribution in [2.75, 3.05) is 13.7 Å². The van der Waals surface area contributed by atoms with Crippen molar-refractivity contribution in [2.45, 2.75) is 162 Å². The van der Waals surface area contributed by atoms with Gasteiger partial charge in [-0.05, 0) is 84.9 Å². The molecule has 3 aromatic rings. The van der Waals surface area contributed by atoms with Crippen LogP contribution in [0.1, 0.15) is 110 Å². The second-order valence-corrected chi connectivity index (χ2v) is 19.2. The number of aliphatic hydroxyl groups excluding tert-OH is 1. The number of fused-ring (bicyclic) bond motifs is 1. The first kappa shape index (κ1) is 49.7. The number of rotatable bonds is 12. The van der Waals surface area contributed by atoms with Gasteiger partial charge >= 0.3 is 18.0 Å². The van der Waals surface area contributed by atoms with E-state index in [0.717, 1.165) is 16.8 Å². The van der Waals surface area contributed by atoms with Gasteiger partial charge in [0.2, 0.25) is 0 Å². The van der Waals surface area contributed by atoms with Crippen LogP contribution in [0.2, 0.25) is 0 Å². The highest BCUT2D eigenvalue weighted by molar-refractivity contribution is 5.89. The Kier molecular flexibility index (Phi) is 16.0. The summed E-state index contributed by atoms with van der Waals surface area (Å²) in [5.74, 6) is -4.84. The molecule has 0 bridgehead atoms. The van der Waals surface area contributed by atoms with Crippen molar-refractivity contribution in [3.63, 3.8) is 0 Å². The molecule has 1 N–H and O–H groups in total. The SMILES string of the molecule is CC[C@H]1OC(=O)[C@H](C)[C@@H](O)[C@H](C)[C@@H](O[C@@H]2O[C@H](C)C[C@H](C)[C@H]2OC(=O)c2ccccc2)[C@@](C)(OC)C[C@@H](C)C(=O)[C@H](C)[C@@H]2N(CCCCn3cc(-c4cccc(C)c4)nn3)C(=O)O[C@@]21C. The van der Waals surface area contributed by atoms with E-state index in [4.69, 9.17) is 28.4 Å². The van der Waals surface area contributed by atoms with Crippen molar-refractivity contribution < 1.29 is 52.7 Å². The van der Waals surface area contributed by atoms with Gasteiger partial charge in [-0.1, -0.05) is 81.8 Å². The Hall–Kier alpha value is -4.70. The first-order chi connectivity index (χ1) is 30.8. The Morgan fingerprint density at radius 1 is 0.954 bits per heavy atom. The highest BCUT2D eigenvalue weighted by Crippen LogP contribution is 2.44. The Balaban J connectivity index is 1.27. The molecule has 0 radical (unpaired) electrons. The van der Waals surface area contributed by atoms with E-state index in [-0.39, 0.29) is 37.2 Å². The summed E-state index contributed by atoms with van der Waals surface area (Å²) >= 11 is 0. The van der Waals surface area contributed by atoms with Crippen molar-refractivity contribution in [2.24, 2.45) is 29.6 Å². The average molecular weight is 903 g/mol. The Labute approximate surface area is 383 Å². The summed E-state index contributed by atoms with van der Waals surface area (Å²) in [4.78, 5) is 58.1. The van der Waals surface area contributed by atoms with E-state index in [1.54, 1.807) is 61.5 Å². The number of aryl methyl sites for hydroxylation is 2. The fraction of sp³-hybridized carbons (Fsp3) is 0.640. The van der Waals surface area contributed by atoms with Crippen LogP contribution in [0.5, 0.6) is 0 Å². The molecule has 3 aliphatic rings. The summed E-state index contributed by atoms with van der Waals surface area (Å²) in [5.41, 5.74) is 0.590. The van der Waals surface area contributed by atoms with Gasteiger partial charge in [-0.2, -0.15) is 0 Å². The van der Waals surface area contributed by atoms with Crippen molar-refractivity contribution in [3.05, 3.63) is 71.9 Å². The molecule has 2 aromatic carbocycles. The number of ether oxygens (including phenoxy) is 6. The number of esters is 2. The average Bonchev–Trinajstić information content (AvgIpc) is 3.86. The first-order valence-electron chi connectivity index (χ1n) is 23.3. The predicted molar refractivity (Wildman–Crippen MR) is 241 cm³/mol. The number of amides is 1. The van der Waals surface area contributed by atoms with E-state index < -0.39 is 89.7 Å². The predicted octanol–water partition coefficient (Wildman–Crippen LogP) is 7.60. The highest BCUT2D eigenvalue weighted by atomic mass is 16.7. The zero-order valence-electron chi connectivity index (χ0n) is 40.0. The van der Waals surface area contributed by atoms with Gasteiger partial charge in [-0.15, -0.1) is 5.10 Å². The van der Waals surface area contributed by atoms with Crippen LogP contribution in [0.4, 0.5) is 4.79 Å². The second kappa shape index (κ2) is 20.9. The number of carbonyl (C=O) groups is 4. The number of aromatic nitrogens is 3. The van der Waals surface area contributed by atoms with Gasteiger partial charge in [0.15, 0.2) is 18.0 Å². The Morgan fingerprint density at radius 3 is 2.34 bits per heavy atom. The van der Waals surface area contributed by atoms with Crippen LogP contribution in [0.3, 0.4) is 0 Å². The number of hydrogen-bond acceptors (Lipinski definition) is 13. The first-order valence-corrected chi connectivity index (χ1v) is 23.3. The van der Waals surface area contributed by atoms with Gasteiger partial charge in [-0.25, -0.2) is 9.59 Å². The van der Waals surface area contributed by atoms with Crippen molar-refractivity contribution in [1.29, 1.82) is 0 Å². The molecule has 3 fully saturated rings. The summed E-state index contributed by atoms with van der Waals surface area (Å²) in [6.45, 7) is 19.1. The third-order valence-electron chi connectivity index (χ3n) is 14.1. The number of unbranched alkanes of at least 4 members (excludes halogenated alkanes) is 1. The smallest absolute Gasteiger partial charge is 0.410 e. The minimum absolute atomic E-state index is 0.136. The number of ketones is 1. The maximum Gasteiger partial charge on any atom is 0.410 e. The number of hydrogen-bond donors (Lipinski definition) is 1. The summed E-state index contributed by atoms with van der Waals surface area (Å²) in [7, 11) is 1.52. The molecule has 15 nitrogen and oxygen atoms in total. The van der Waals surface area contributed by atoms with E-state index in [1.807, 2.05) is 72.0 Å². The van der Waals surface area contributed by atoms with Crippen LogP contribution >= 0.6 is 0 Å². The molecule has 3 saturated heterocycles. The van der Waals surface area contributed by atoms with Gasteiger partial charge in [-0.3, -0.25) is 14.3 Å². The molecule has 14 atom stereocenters. The van der Waals surface area contributed by atoms with E-state index in [9.17, 15) is 24.3 Å². The monoisotopic (exact) mass is 903 g/mol. The van der Waals surface area contributed by atoms with E-state index >= 15 is 0 Å². The minimum Gasteiger partial charge on any atom is -0.458 e. The zero-order chi connectivity index (χ0) is 47.4. The largest absolute Gasteiger partial charge is 0.458 e. The van der Waals surface area contributed by atoms with Gasteiger partial charge in [0.05, 0.1) is 47.6 Å². The van der Waals surface area contributed by atoms with Crippen molar-refractivity contribution in [1.82, 2.24) is 19.9 Å². The lowest BCUT2D eigenvalue weighted by molar-refractivity contribution is -0.300. The number of carbonyl (C=O) groups excluding carboxylic acids is 4. The quantitative estimate of drug-likeness (QED) is 0.107. The molecular weight excluding hydrogens is 833 g/mol. The van der Waals surface area contributed by atoms with Gasteiger partial charge in [0.1, 0.15) is 17.6 Å². The third-order valence-corrected chi connectivity index (χ3v) is 14.1. The van der Waals surface area contributed by atoms with E-state index in [2.05, 4.69) is 16.4 Å². The molecule has 356 valence electrons. The lowest BCUT2D eigenvalue weighted by atomic mass is 9.73. The molecule has 3 aliphatic heterocycles. The highest BCUT2D eigenvalue weighted by Gasteiger charge is 2.60. The lowest BCUT2D eigenvalue weighted by Gasteiger charge is -2.47. The molecule has 65 heavy (non-hydrogen) atoms. The number of cyclic esters (lactones) is 1. The molecule has 6 rings (SSSR count). The number of Topliss-reactive ketones (excluding diaryl/α,β-unsaturated/α-hetero) is 1. The molecular formula is C50H70N4O11. The minimum atomic E-state index is -1.40. The molecule has 0 aliphatic carbocycles. The van der Waals surface area contributed by atoms with Crippen LogP contribution < -0.4 is 0 Å². The fourth-order valence-corrected chi connectivity index (χ4v) is 10.4. The number of benzene rings is 2. The van der Waals surface area contributed by atoms with E-state index in [1.165, 1.54) is 7.11 Å². The van der Waals surface area contributed by atoms with E-state index in [0.29, 0.717) is 31.4 Å². The number of nitrogens with zero attached hydrogens (tertiary/aromatic N) is 4. The van der Waals surface area contributed by atoms with Crippen LogP contribution in [0, 0.1) is 36.5 Å². The maximum absolute atomic E-state index is 14.9. The van der Waals surface area contributed by atoms with Crippen LogP contribution in [-0.4, -0.2) is 117 Å². The standard InChI is InChI=1S/C50H70N4O11/c1-12-39-50(10)43(54(48(59)65-50)24-17-16-23-53-28-38(51-52-53)37-22-18-19-29(2)25-37)33(6)40(55)31(4)27-49(9,60-11)44(34(7)41(56)35(8)45(57)62-39)64-47-42(30(3)26-32(5)61-47)63-46(58)36-20-14-13-15-21-36/h13-15,18-22,25,28,30-35,39,41-44,47,56H,12,16-17,23-24,26-27H2,1-11H3/t30-,31+,32+,33-,34-,35+,39+,41-,42+,43-,44+,47-,49-,50+/m0/s1. The normalized spacial score (nSPS) is 34.9. The molecule has 15 heteroatoms. The second-order valence-electron chi connectivity index (χ2n) is 19.2. The molecule has 0 unspecified atom stereocenters. The summed E-state index contributed by atoms with van der Waals surface area (Å²) in [5, 5.41) is 20.8. The topological polar surface area (TPSA) is 178 Å². The number of aliphatic hydroxyl groups is 1. The van der Waals surface area contributed by atoms with Crippen LogP contribution in [-0.2, 0) is 44.6 Å². The molecule has 0 saturated carbocycles.